The Labute approximate surface area is 599 Å². The molecule has 0 amide bonds. The van der Waals surface area contributed by atoms with Crippen molar-refractivity contribution in [3.8, 4) is 134 Å². The van der Waals surface area contributed by atoms with Gasteiger partial charge in [0.2, 0.25) is 11.6 Å². The molecule has 0 atom stereocenters. The second-order valence-electron chi connectivity index (χ2n) is 26.3. The number of benzene rings is 14. The SMILES string of the molecule is c1ccc(-c2cc(-c3cccc(-n4c5ccccc5n5c6ccccc6nc45)n3)c(-c3ccccc3)c(-c3cccc(-c4ccc5c(c4)n4c6ccccc6nc4n5-c4cncc(-c5cc(-c6ccccc6)c(-c6ccccc6)c(-c6ccccc6)c5-c5ccccc5)n4)c3)c2-c2ccccc2)cc1. The van der Waals surface area contributed by atoms with Gasteiger partial charge in [-0.05, 0) is 179 Å². The highest BCUT2D eigenvalue weighted by Gasteiger charge is 2.29. The summed E-state index contributed by atoms with van der Waals surface area (Å²) < 4.78 is 8.92. The monoisotopic (exact) mass is 1330 g/mol. The van der Waals surface area contributed by atoms with Gasteiger partial charge in [0, 0.05) is 11.1 Å². The lowest BCUT2D eigenvalue weighted by Gasteiger charge is -2.24. The predicted octanol–water partition coefficient (Wildman–Crippen LogP) is 23.7. The first-order chi connectivity index (χ1) is 51.6. The van der Waals surface area contributed by atoms with Crippen molar-refractivity contribution in [1.29, 1.82) is 0 Å². The van der Waals surface area contributed by atoms with Gasteiger partial charge in [0.05, 0.1) is 67.9 Å². The largest absolute Gasteiger partial charge is 0.276 e. The Morgan fingerprint density at radius 2 is 0.558 bits per heavy atom. The first-order valence-corrected chi connectivity index (χ1v) is 35.1. The fraction of sp³-hybridized carbons (Fsp3) is 0. The van der Waals surface area contributed by atoms with Crippen LogP contribution in [0.25, 0.3) is 190 Å². The first kappa shape index (κ1) is 59.9. The van der Waals surface area contributed by atoms with Gasteiger partial charge in [0.15, 0.2) is 5.82 Å². The second-order valence-corrected chi connectivity index (χ2v) is 26.3. The molecular weight excluding hydrogens is 1270 g/mol. The zero-order chi connectivity index (χ0) is 68.6. The molecule has 0 radical (unpaired) electrons. The summed E-state index contributed by atoms with van der Waals surface area (Å²) in [5.41, 5.74) is 30.9. The molecule has 0 spiro atoms. The maximum Gasteiger partial charge on any atom is 0.221 e. The highest BCUT2D eigenvalue weighted by molar-refractivity contribution is 6.10. The summed E-state index contributed by atoms with van der Waals surface area (Å²) in [5, 5.41) is 0. The van der Waals surface area contributed by atoms with E-state index < -0.39 is 0 Å². The first-order valence-electron chi connectivity index (χ1n) is 35.1. The summed E-state index contributed by atoms with van der Waals surface area (Å²) in [5.74, 6) is 2.94. The van der Waals surface area contributed by atoms with Crippen LogP contribution in [0.1, 0.15) is 0 Å². The fourth-order valence-corrected chi connectivity index (χ4v) is 15.8. The van der Waals surface area contributed by atoms with E-state index in [0.717, 1.165) is 184 Å². The van der Waals surface area contributed by atoms with Gasteiger partial charge >= 0.3 is 0 Å². The smallest absolute Gasteiger partial charge is 0.221 e. The molecule has 0 aliphatic heterocycles. The van der Waals surface area contributed by atoms with E-state index in [1.807, 2.05) is 18.5 Å². The van der Waals surface area contributed by atoms with Gasteiger partial charge in [-0.15, -0.1) is 0 Å². The molecule has 0 saturated carbocycles. The minimum atomic E-state index is 0.641. The number of nitrogens with zero attached hydrogens (tertiary/aromatic N) is 9. The molecule has 0 bridgehead atoms. The summed E-state index contributed by atoms with van der Waals surface area (Å²) in [7, 11) is 0. The van der Waals surface area contributed by atoms with Crippen molar-refractivity contribution in [2.24, 2.45) is 0 Å². The average molecular weight is 1330 g/mol. The standard InChI is InChI=1S/C95H61N9/c1-8-30-62(31-9-1)72-58-74(76-48-29-53-86(97-76)103-83-52-27-26-51-82(83)101-80-49-24-22-46-77(80)99-94(101)103)90(66-38-16-5-17-39-66)93(89(72)65-36-14-4-15-37-65)71-45-28-44-69(56-71)70-54-55-84-85(57-70)102-81-50-25-23-47-78(81)100-95(102)104(84)87-61-96-60-79(98-87)75-59-73(63-32-10-2-11-33-63)88(64-34-12-3-13-35-64)92(68-42-20-7-21-43-68)91(75)67-40-18-6-19-41-67/h1-61H. The van der Waals surface area contributed by atoms with Gasteiger partial charge in [-0.1, -0.05) is 279 Å². The number of para-hydroxylation sites is 6. The number of pyridine rings is 1. The van der Waals surface area contributed by atoms with Gasteiger partial charge in [-0.3, -0.25) is 22.9 Å². The minimum Gasteiger partial charge on any atom is -0.276 e. The summed E-state index contributed by atoms with van der Waals surface area (Å²) in [6.07, 6.45) is 3.79. The molecule has 6 heterocycles. The van der Waals surface area contributed by atoms with Gasteiger partial charge in [-0.2, -0.15) is 0 Å². The molecule has 6 aromatic heterocycles. The normalized spacial score (nSPS) is 11.7. The second kappa shape index (κ2) is 24.9. The highest BCUT2D eigenvalue weighted by Crippen LogP contribution is 2.53. The lowest BCUT2D eigenvalue weighted by atomic mass is 9.79. The highest BCUT2D eigenvalue weighted by atomic mass is 15.2. The van der Waals surface area contributed by atoms with Crippen LogP contribution in [0.4, 0.5) is 0 Å². The predicted molar refractivity (Wildman–Crippen MR) is 426 cm³/mol. The fourth-order valence-electron chi connectivity index (χ4n) is 15.8. The van der Waals surface area contributed by atoms with Gasteiger partial charge in [0.1, 0.15) is 5.82 Å². The maximum absolute atomic E-state index is 5.75. The molecular formula is C95H61N9. The quantitative estimate of drug-likeness (QED) is 0.115. The summed E-state index contributed by atoms with van der Waals surface area (Å²) in [6, 6.07) is 128. The van der Waals surface area contributed by atoms with Gasteiger partial charge in [0.25, 0.3) is 0 Å². The molecule has 9 heteroatoms. The van der Waals surface area contributed by atoms with Crippen LogP contribution in [-0.4, -0.2) is 42.9 Å². The lowest BCUT2D eigenvalue weighted by Crippen LogP contribution is -2.03. The van der Waals surface area contributed by atoms with E-state index in [9.17, 15) is 0 Å². The number of aromatic nitrogens is 9. The van der Waals surface area contributed by atoms with Crippen LogP contribution in [0.5, 0.6) is 0 Å². The number of rotatable bonds is 13. The Kier molecular flexibility index (Phi) is 14.4. The average Bonchev–Trinajstić information content (AvgIpc) is 1.24. The molecule has 9 nitrogen and oxygen atoms in total. The van der Waals surface area contributed by atoms with Crippen molar-refractivity contribution >= 4 is 55.7 Å². The van der Waals surface area contributed by atoms with E-state index in [-0.39, 0.29) is 0 Å². The lowest BCUT2D eigenvalue weighted by molar-refractivity contribution is 1.02. The van der Waals surface area contributed by atoms with Crippen LogP contribution in [0, 0.1) is 0 Å². The third-order valence-corrected chi connectivity index (χ3v) is 20.3. The van der Waals surface area contributed by atoms with E-state index in [1.54, 1.807) is 0 Å². The van der Waals surface area contributed by atoms with E-state index in [4.69, 9.17) is 24.9 Å². The van der Waals surface area contributed by atoms with Crippen LogP contribution < -0.4 is 0 Å². The van der Waals surface area contributed by atoms with E-state index in [1.165, 1.54) is 0 Å². The zero-order valence-corrected chi connectivity index (χ0v) is 56.2. The molecule has 0 fully saturated rings. The van der Waals surface area contributed by atoms with Crippen LogP contribution in [0.3, 0.4) is 0 Å². The molecule has 0 aliphatic carbocycles. The van der Waals surface area contributed by atoms with Crippen LogP contribution in [0.2, 0.25) is 0 Å². The summed E-state index contributed by atoms with van der Waals surface area (Å²) in [6.45, 7) is 0. The van der Waals surface area contributed by atoms with Crippen molar-refractivity contribution in [1.82, 2.24) is 42.9 Å². The summed E-state index contributed by atoms with van der Waals surface area (Å²) >= 11 is 0. The van der Waals surface area contributed by atoms with E-state index >= 15 is 0 Å². The maximum atomic E-state index is 5.75. The Hall–Kier alpha value is -14.2. The van der Waals surface area contributed by atoms with Gasteiger partial charge < -0.3 is 0 Å². The Morgan fingerprint density at radius 1 is 0.192 bits per heavy atom. The third-order valence-electron chi connectivity index (χ3n) is 20.3. The van der Waals surface area contributed by atoms with Crippen LogP contribution in [0.15, 0.2) is 370 Å². The topological polar surface area (TPSA) is 83.1 Å². The molecule has 0 saturated heterocycles. The number of hydrogen-bond donors (Lipinski definition) is 0. The molecule has 14 aromatic carbocycles. The van der Waals surface area contributed by atoms with Crippen molar-refractivity contribution < 1.29 is 0 Å². The zero-order valence-electron chi connectivity index (χ0n) is 56.2. The molecule has 20 rings (SSSR count). The summed E-state index contributed by atoms with van der Waals surface area (Å²) in [4.78, 5) is 27.4. The van der Waals surface area contributed by atoms with Crippen molar-refractivity contribution in [3.63, 3.8) is 0 Å². The molecule has 20 aromatic rings. The molecule has 0 aliphatic rings. The van der Waals surface area contributed by atoms with Crippen molar-refractivity contribution in [2.75, 3.05) is 0 Å². The van der Waals surface area contributed by atoms with E-state index in [0.29, 0.717) is 5.82 Å². The number of imidazole rings is 4. The van der Waals surface area contributed by atoms with Crippen molar-refractivity contribution in [2.45, 2.75) is 0 Å². The molecule has 104 heavy (non-hydrogen) atoms. The van der Waals surface area contributed by atoms with Gasteiger partial charge in [-0.25, -0.2) is 19.9 Å². The molecule has 0 unspecified atom stereocenters. The van der Waals surface area contributed by atoms with Crippen LogP contribution >= 0.6 is 0 Å². The Balaban J connectivity index is 0.795. The number of hydrogen-bond acceptors (Lipinski definition) is 5. The Bertz CT molecular complexity index is 6680. The van der Waals surface area contributed by atoms with Crippen molar-refractivity contribution in [3.05, 3.63) is 370 Å². The van der Waals surface area contributed by atoms with E-state index in [2.05, 4.69) is 370 Å². The molecule has 486 valence electrons. The Morgan fingerprint density at radius 3 is 1.09 bits per heavy atom. The number of fused-ring (bicyclic) bond motifs is 10. The minimum absolute atomic E-state index is 0.641. The molecule has 0 N–H and O–H groups in total. The van der Waals surface area contributed by atoms with Crippen LogP contribution in [-0.2, 0) is 0 Å². The third kappa shape index (κ3) is 9.97.